The maximum absolute atomic E-state index is 12.5. The second kappa shape index (κ2) is 7.30. The third-order valence-corrected chi connectivity index (χ3v) is 4.14. The summed E-state index contributed by atoms with van der Waals surface area (Å²) < 4.78 is 5.33. The van der Waals surface area contributed by atoms with E-state index in [1.165, 1.54) is 0 Å². The fourth-order valence-electron chi connectivity index (χ4n) is 2.51. The number of fused-ring (bicyclic) bond motifs is 1. The van der Waals surface area contributed by atoms with Gasteiger partial charge >= 0.3 is 5.97 Å². The lowest BCUT2D eigenvalue weighted by molar-refractivity contribution is 0.0372. The van der Waals surface area contributed by atoms with Gasteiger partial charge in [0.1, 0.15) is 0 Å². The van der Waals surface area contributed by atoms with Crippen LogP contribution in [0.4, 0.5) is 11.5 Å². The summed E-state index contributed by atoms with van der Waals surface area (Å²) in [5.74, 6) is -0.175. The number of carbonyl (C=O) groups is 1. The van der Waals surface area contributed by atoms with Crippen LogP contribution in [0.3, 0.4) is 0 Å². The molecule has 134 valence electrons. The van der Waals surface area contributed by atoms with E-state index in [2.05, 4.69) is 15.3 Å². The number of nitrogens with zero attached hydrogens (tertiary/aromatic N) is 2. The number of halogens is 1. The molecule has 0 unspecified atom stereocenters. The lowest BCUT2D eigenvalue weighted by atomic mass is 10.1. The van der Waals surface area contributed by atoms with Crippen molar-refractivity contribution >= 4 is 40.1 Å². The molecule has 0 spiro atoms. The van der Waals surface area contributed by atoms with E-state index in [4.69, 9.17) is 16.3 Å². The first-order valence-electron chi connectivity index (χ1n) is 8.36. The first kappa shape index (κ1) is 18.1. The molecule has 1 heterocycles. The van der Waals surface area contributed by atoms with E-state index >= 15 is 0 Å². The molecule has 0 aliphatic rings. The van der Waals surface area contributed by atoms with Gasteiger partial charge in [-0.2, -0.15) is 0 Å². The Hall–Kier alpha value is -2.66. The van der Waals surface area contributed by atoms with Gasteiger partial charge in [0.25, 0.3) is 0 Å². The maximum Gasteiger partial charge on any atom is 0.361 e. The van der Waals surface area contributed by atoms with Gasteiger partial charge in [-0.1, -0.05) is 17.7 Å². The predicted molar refractivity (Wildman–Crippen MR) is 104 cm³/mol. The number of hydrogen-bond donors (Lipinski definition) is 1. The Kier molecular flexibility index (Phi) is 5.09. The van der Waals surface area contributed by atoms with Gasteiger partial charge in [0.2, 0.25) is 0 Å². The molecule has 3 rings (SSSR count). The van der Waals surface area contributed by atoms with Crippen molar-refractivity contribution in [3.8, 4) is 0 Å². The highest BCUT2D eigenvalue weighted by molar-refractivity contribution is 6.30. The molecule has 3 aromatic rings. The number of ether oxygens (including phenoxy) is 1. The highest BCUT2D eigenvalue weighted by Crippen LogP contribution is 2.25. The normalized spacial score (nSPS) is 11.0. The summed E-state index contributed by atoms with van der Waals surface area (Å²) in [5.41, 5.74) is 4.42. The van der Waals surface area contributed by atoms with Crippen LogP contribution in [0.2, 0.25) is 5.02 Å². The second-order valence-corrected chi connectivity index (χ2v) is 6.87. The third kappa shape index (κ3) is 3.94. The number of aryl methyl sites for hydroxylation is 2. The first-order valence-corrected chi connectivity index (χ1v) is 8.74. The number of benzene rings is 2. The molecule has 26 heavy (non-hydrogen) atoms. The van der Waals surface area contributed by atoms with Crippen molar-refractivity contribution in [1.29, 1.82) is 0 Å². The zero-order valence-corrected chi connectivity index (χ0v) is 15.9. The van der Waals surface area contributed by atoms with Crippen molar-refractivity contribution in [2.24, 2.45) is 0 Å². The number of nitrogens with one attached hydrogen (secondary N) is 1. The monoisotopic (exact) mass is 369 g/mol. The Morgan fingerprint density at radius 3 is 2.35 bits per heavy atom. The van der Waals surface area contributed by atoms with Crippen LogP contribution in [-0.2, 0) is 4.74 Å². The molecule has 0 radical (unpaired) electrons. The van der Waals surface area contributed by atoms with Crippen molar-refractivity contribution in [2.45, 2.75) is 33.8 Å². The molecule has 1 aromatic heterocycles. The van der Waals surface area contributed by atoms with Gasteiger partial charge in [-0.3, -0.25) is 0 Å². The summed E-state index contributed by atoms with van der Waals surface area (Å²) in [5, 5.41) is 3.72. The summed E-state index contributed by atoms with van der Waals surface area (Å²) in [6, 6.07) is 11.1. The lowest BCUT2D eigenvalue weighted by Gasteiger charge is -2.14. The topological polar surface area (TPSA) is 64.1 Å². The van der Waals surface area contributed by atoms with Crippen LogP contribution in [0.5, 0.6) is 0 Å². The molecule has 0 fully saturated rings. The van der Waals surface area contributed by atoms with Gasteiger partial charge in [-0.15, -0.1) is 0 Å². The van der Waals surface area contributed by atoms with Crippen molar-refractivity contribution in [1.82, 2.24) is 9.97 Å². The minimum atomic E-state index is -0.517. The highest BCUT2D eigenvalue weighted by atomic mass is 35.5. The molecule has 2 aromatic carbocycles. The smallest absolute Gasteiger partial charge is 0.361 e. The molecule has 0 atom stereocenters. The van der Waals surface area contributed by atoms with Crippen molar-refractivity contribution in [2.75, 3.05) is 5.32 Å². The van der Waals surface area contributed by atoms with Crippen LogP contribution >= 0.6 is 11.6 Å². The number of esters is 1. The Balaban J connectivity index is 2.13. The Bertz CT molecular complexity index is 986. The number of hydrogen-bond acceptors (Lipinski definition) is 5. The van der Waals surface area contributed by atoms with Gasteiger partial charge in [0, 0.05) is 10.7 Å². The van der Waals surface area contributed by atoms with E-state index in [9.17, 15) is 4.79 Å². The second-order valence-electron chi connectivity index (χ2n) is 6.44. The zero-order chi connectivity index (χ0) is 18.8. The molecule has 0 saturated heterocycles. The average Bonchev–Trinajstić information content (AvgIpc) is 2.55. The van der Waals surface area contributed by atoms with E-state index in [0.717, 1.165) is 11.1 Å². The summed E-state index contributed by atoms with van der Waals surface area (Å²) in [4.78, 5) is 21.7. The third-order valence-electron chi connectivity index (χ3n) is 3.90. The first-order chi connectivity index (χ1) is 12.3. The molecule has 0 aliphatic carbocycles. The summed E-state index contributed by atoms with van der Waals surface area (Å²) in [7, 11) is 0. The van der Waals surface area contributed by atoms with Crippen LogP contribution in [0.1, 0.15) is 35.5 Å². The maximum atomic E-state index is 12.5. The molecule has 0 bridgehead atoms. The van der Waals surface area contributed by atoms with Crippen LogP contribution < -0.4 is 5.32 Å². The number of rotatable bonds is 4. The van der Waals surface area contributed by atoms with Gasteiger partial charge in [0.05, 0.1) is 17.1 Å². The van der Waals surface area contributed by atoms with Gasteiger partial charge in [-0.25, -0.2) is 14.8 Å². The standard InChI is InChI=1S/C20H20ClN3O2/c1-11(2)26-20(25)18-19(22-15-7-5-6-14(21)10-15)24-17-9-13(4)12(3)8-16(17)23-18/h5-11H,1-4H3,(H,22,24). The van der Waals surface area contributed by atoms with Crippen molar-refractivity contribution < 1.29 is 9.53 Å². The summed E-state index contributed by atoms with van der Waals surface area (Å²) in [6.45, 7) is 7.61. The molecule has 0 amide bonds. The number of aromatic nitrogens is 2. The fraction of sp³-hybridized carbons (Fsp3) is 0.250. The Labute approximate surface area is 157 Å². The van der Waals surface area contributed by atoms with E-state index in [-0.39, 0.29) is 11.8 Å². The predicted octanol–water partition coefficient (Wildman–Crippen LogP) is 5.21. The van der Waals surface area contributed by atoms with E-state index in [1.54, 1.807) is 26.0 Å². The van der Waals surface area contributed by atoms with Crippen LogP contribution in [0.25, 0.3) is 11.0 Å². The van der Waals surface area contributed by atoms with Crippen LogP contribution in [0.15, 0.2) is 36.4 Å². The largest absolute Gasteiger partial charge is 0.458 e. The molecular weight excluding hydrogens is 350 g/mol. The van der Waals surface area contributed by atoms with Gasteiger partial charge in [0.15, 0.2) is 11.5 Å². The molecule has 5 nitrogen and oxygen atoms in total. The average molecular weight is 370 g/mol. The highest BCUT2D eigenvalue weighted by Gasteiger charge is 2.20. The Morgan fingerprint density at radius 1 is 1.08 bits per heavy atom. The summed E-state index contributed by atoms with van der Waals surface area (Å²) in [6.07, 6.45) is -0.251. The molecule has 1 N–H and O–H groups in total. The van der Waals surface area contributed by atoms with Crippen LogP contribution in [-0.4, -0.2) is 22.0 Å². The van der Waals surface area contributed by atoms with Crippen LogP contribution in [0, 0.1) is 13.8 Å². The van der Waals surface area contributed by atoms with E-state index < -0.39 is 5.97 Å². The molecule has 0 saturated carbocycles. The fourth-order valence-corrected chi connectivity index (χ4v) is 2.70. The van der Waals surface area contributed by atoms with E-state index in [1.807, 2.05) is 38.1 Å². The number of anilines is 2. The SMILES string of the molecule is Cc1cc2nc(Nc3cccc(Cl)c3)c(C(=O)OC(C)C)nc2cc1C. The Morgan fingerprint density at radius 2 is 1.73 bits per heavy atom. The lowest BCUT2D eigenvalue weighted by Crippen LogP contribution is -2.16. The minimum absolute atomic E-state index is 0.148. The molecule has 6 heteroatoms. The number of carbonyl (C=O) groups excluding carboxylic acids is 1. The quantitative estimate of drug-likeness (QED) is 0.639. The minimum Gasteiger partial charge on any atom is -0.458 e. The van der Waals surface area contributed by atoms with Gasteiger partial charge < -0.3 is 10.1 Å². The molecule has 0 aliphatic heterocycles. The van der Waals surface area contributed by atoms with E-state index in [0.29, 0.717) is 27.6 Å². The van der Waals surface area contributed by atoms with Gasteiger partial charge in [-0.05, 0) is 69.2 Å². The molecular formula is C20H20ClN3O2. The zero-order valence-electron chi connectivity index (χ0n) is 15.1. The van der Waals surface area contributed by atoms with Crippen molar-refractivity contribution in [3.63, 3.8) is 0 Å². The van der Waals surface area contributed by atoms with Crippen molar-refractivity contribution in [3.05, 3.63) is 58.2 Å². The summed E-state index contributed by atoms with van der Waals surface area (Å²) >= 11 is 6.05.